The molecule has 0 aliphatic carbocycles. The summed E-state index contributed by atoms with van der Waals surface area (Å²) in [5.74, 6) is 1.15. The molecular formula is C27H29N7O4. The summed E-state index contributed by atoms with van der Waals surface area (Å²) in [5.41, 5.74) is 3.01. The summed E-state index contributed by atoms with van der Waals surface area (Å²) in [6.07, 6.45) is 7.76. The normalized spacial score (nSPS) is 17.0. The summed E-state index contributed by atoms with van der Waals surface area (Å²) in [6, 6.07) is 10.6. The largest absolute Gasteiger partial charge is 0.490 e. The van der Waals surface area contributed by atoms with Gasteiger partial charge in [0, 0.05) is 43.4 Å². The molecule has 2 atom stereocenters. The molecule has 4 heterocycles. The predicted octanol–water partition coefficient (Wildman–Crippen LogP) is 1.60. The molecule has 3 aromatic heterocycles. The van der Waals surface area contributed by atoms with Crippen LogP contribution in [0.4, 0.5) is 0 Å². The summed E-state index contributed by atoms with van der Waals surface area (Å²) in [7, 11) is 1.83. The molecule has 0 spiro atoms. The number of carbonyl (C=O) groups is 1. The number of nitrogens with one attached hydrogen (secondary N) is 1. The number of aryl methyl sites for hydroxylation is 1. The van der Waals surface area contributed by atoms with Crippen molar-refractivity contribution < 1.29 is 14.6 Å². The van der Waals surface area contributed by atoms with Gasteiger partial charge in [0.05, 0.1) is 49.6 Å². The number of Topliss-reactive ketones (excluding diaryl/α,β-unsaturated/α-hetero) is 1. The van der Waals surface area contributed by atoms with Crippen LogP contribution in [0.3, 0.4) is 0 Å². The van der Waals surface area contributed by atoms with Crippen molar-refractivity contribution in [2.45, 2.75) is 38.0 Å². The zero-order valence-corrected chi connectivity index (χ0v) is 21.0. The standard InChI is InChI=1S/C27H29N7O4/c1-33-17-20(12-31-33)23-7-8-26(37)34(32-23)16-18-4-2-5-19(10-18)27-29-14-22(15-30-27)38-9-3-6-25(36)24-11-21(35)13-28-24/h2,4-5,7-8,10,12,14-15,17,21,24,28,35H,3,6,9,11,13,16H2,1H3/t21-,24+/m1/s1. The number of hydrogen-bond donors (Lipinski definition) is 2. The van der Waals surface area contributed by atoms with Crippen LogP contribution in [0.1, 0.15) is 24.8 Å². The summed E-state index contributed by atoms with van der Waals surface area (Å²) < 4.78 is 8.81. The van der Waals surface area contributed by atoms with Crippen LogP contribution in [-0.4, -0.2) is 65.7 Å². The van der Waals surface area contributed by atoms with Crippen LogP contribution in [0, 0.1) is 0 Å². The average molecular weight is 516 g/mol. The Morgan fingerprint density at radius 1 is 1.16 bits per heavy atom. The minimum Gasteiger partial charge on any atom is -0.490 e. The fourth-order valence-corrected chi connectivity index (χ4v) is 4.36. The van der Waals surface area contributed by atoms with Gasteiger partial charge in [0.1, 0.15) is 5.78 Å². The summed E-state index contributed by atoms with van der Waals surface area (Å²) in [5, 5.41) is 21.2. The van der Waals surface area contributed by atoms with Gasteiger partial charge < -0.3 is 15.2 Å². The monoisotopic (exact) mass is 515 g/mol. The fraction of sp³-hybridized carbons (Fsp3) is 0.333. The number of aliphatic hydroxyl groups is 1. The molecule has 0 amide bonds. The van der Waals surface area contributed by atoms with Crippen molar-refractivity contribution in [2.75, 3.05) is 13.2 Å². The highest BCUT2D eigenvalue weighted by Crippen LogP contribution is 2.19. The molecule has 5 rings (SSSR count). The van der Waals surface area contributed by atoms with Crippen molar-refractivity contribution in [1.29, 1.82) is 0 Å². The van der Waals surface area contributed by atoms with Crippen molar-refractivity contribution in [1.82, 2.24) is 34.8 Å². The second-order valence-corrected chi connectivity index (χ2v) is 9.33. The maximum absolute atomic E-state index is 12.4. The molecule has 1 aliphatic heterocycles. The molecule has 0 saturated carbocycles. The SMILES string of the molecule is Cn1cc(-c2ccc(=O)n(Cc3cccc(-c4ncc(OCCCC(=O)[C@@H]5C[C@@H](O)CN5)cn4)c3)n2)cn1. The first-order valence-corrected chi connectivity index (χ1v) is 12.5. The Bertz CT molecular complexity index is 1460. The van der Waals surface area contributed by atoms with Crippen LogP contribution in [0.5, 0.6) is 5.75 Å². The minimum atomic E-state index is -0.445. The molecule has 0 radical (unpaired) electrons. The van der Waals surface area contributed by atoms with Gasteiger partial charge in [0.15, 0.2) is 11.6 Å². The highest BCUT2D eigenvalue weighted by molar-refractivity contribution is 5.84. The molecule has 2 N–H and O–H groups in total. The lowest BCUT2D eigenvalue weighted by atomic mass is 10.1. The van der Waals surface area contributed by atoms with Gasteiger partial charge in [-0.25, -0.2) is 14.6 Å². The zero-order valence-electron chi connectivity index (χ0n) is 21.0. The van der Waals surface area contributed by atoms with Crippen molar-refractivity contribution in [3.8, 4) is 28.4 Å². The highest BCUT2D eigenvalue weighted by Gasteiger charge is 2.27. The number of rotatable bonds is 10. The number of hydrogen-bond acceptors (Lipinski definition) is 9. The van der Waals surface area contributed by atoms with Gasteiger partial charge >= 0.3 is 0 Å². The smallest absolute Gasteiger partial charge is 0.267 e. The summed E-state index contributed by atoms with van der Waals surface area (Å²) in [6.45, 7) is 1.14. The van der Waals surface area contributed by atoms with E-state index in [4.69, 9.17) is 4.74 Å². The van der Waals surface area contributed by atoms with Gasteiger partial charge in [-0.1, -0.05) is 18.2 Å². The Morgan fingerprint density at radius 2 is 2.00 bits per heavy atom. The van der Waals surface area contributed by atoms with E-state index >= 15 is 0 Å². The maximum Gasteiger partial charge on any atom is 0.267 e. The third-order valence-electron chi connectivity index (χ3n) is 6.35. The third-order valence-corrected chi connectivity index (χ3v) is 6.35. The molecule has 1 saturated heterocycles. The van der Waals surface area contributed by atoms with E-state index in [2.05, 4.69) is 25.5 Å². The lowest BCUT2D eigenvalue weighted by molar-refractivity contribution is -0.121. The van der Waals surface area contributed by atoms with Crippen LogP contribution in [-0.2, 0) is 18.4 Å². The molecule has 0 bridgehead atoms. The van der Waals surface area contributed by atoms with Crippen molar-refractivity contribution >= 4 is 5.78 Å². The van der Waals surface area contributed by atoms with E-state index in [1.165, 1.54) is 10.7 Å². The third kappa shape index (κ3) is 6.18. The highest BCUT2D eigenvalue weighted by atomic mass is 16.5. The lowest BCUT2D eigenvalue weighted by Gasteiger charge is -2.10. The van der Waals surface area contributed by atoms with Crippen LogP contribution in [0.25, 0.3) is 22.6 Å². The van der Waals surface area contributed by atoms with E-state index in [1.807, 2.05) is 37.5 Å². The number of carbonyl (C=O) groups excluding carboxylic acids is 1. The van der Waals surface area contributed by atoms with Gasteiger partial charge in [-0.15, -0.1) is 0 Å². The summed E-state index contributed by atoms with van der Waals surface area (Å²) >= 11 is 0. The van der Waals surface area contributed by atoms with Gasteiger partial charge in [-0.2, -0.15) is 10.2 Å². The van der Waals surface area contributed by atoms with Crippen LogP contribution in [0.15, 0.2) is 66.0 Å². The van der Waals surface area contributed by atoms with E-state index in [0.29, 0.717) is 56.2 Å². The van der Waals surface area contributed by atoms with Gasteiger partial charge in [0.2, 0.25) is 0 Å². The molecule has 1 aromatic carbocycles. The van der Waals surface area contributed by atoms with Crippen LogP contribution >= 0.6 is 0 Å². The predicted molar refractivity (Wildman–Crippen MR) is 139 cm³/mol. The number of aliphatic hydroxyl groups excluding tert-OH is 1. The first kappa shape index (κ1) is 25.4. The maximum atomic E-state index is 12.4. The Hall–Kier alpha value is -4.22. The van der Waals surface area contributed by atoms with E-state index in [9.17, 15) is 14.7 Å². The molecule has 38 heavy (non-hydrogen) atoms. The van der Waals surface area contributed by atoms with Crippen molar-refractivity contribution in [3.63, 3.8) is 0 Å². The Morgan fingerprint density at radius 3 is 2.74 bits per heavy atom. The van der Waals surface area contributed by atoms with E-state index in [0.717, 1.165) is 16.7 Å². The van der Waals surface area contributed by atoms with Crippen molar-refractivity contribution in [2.24, 2.45) is 7.05 Å². The van der Waals surface area contributed by atoms with Gasteiger partial charge in [-0.3, -0.25) is 14.3 Å². The number of benzene rings is 1. The second kappa shape index (κ2) is 11.4. The minimum absolute atomic E-state index is 0.0953. The Kier molecular flexibility index (Phi) is 7.66. The molecule has 11 heteroatoms. The molecule has 1 fully saturated rings. The van der Waals surface area contributed by atoms with E-state index in [-0.39, 0.29) is 17.4 Å². The molecular weight excluding hydrogens is 486 g/mol. The fourth-order valence-electron chi connectivity index (χ4n) is 4.36. The first-order chi connectivity index (χ1) is 18.4. The Labute approximate surface area is 219 Å². The van der Waals surface area contributed by atoms with E-state index < -0.39 is 6.10 Å². The Balaban J connectivity index is 1.18. The van der Waals surface area contributed by atoms with Gasteiger partial charge in [-0.05, 0) is 30.5 Å². The molecule has 4 aromatic rings. The number of aromatic nitrogens is 6. The molecule has 11 nitrogen and oxygen atoms in total. The first-order valence-electron chi connectivity index (χ1n) is 12.5. The van der Waals surface area contributed by atoms with Crippen molar-refractivity contribution in [3.05, 3.63) is 77.1 Å². The zero-order chi connectivity index (χ0) is 26.5. The number of β-amino-alcohol motifs (C(OH)–C–C–N with tert-alkyl or cyclic N) is 1. The van der Waals surface area contributed by atoms with Crippen LogP contribution in [0.2, 0.25) is 0 Å². The molecule has 0 unspecified atom stereocenters. The average Bonchev–Trinajstić information content (AvgIpc) is 3.56. The second-order valence-electron chi connectivity index (χ2n) is 9.33. The molecule has 1 aliphatic rings. The van der Waals surface area contributed by atoms with Crippen LogP contribution < -0.4 is 15.6 Å². The molecule has 196 valence electrons. The quantitative estimate of drug-likeness (QED) is 0.302. The lowest BCUT2D eigenvalue weighted by Crippen LogP contribution is -2.30. The van der Waals surface area contributed by atoms with Gasteiger partial charge in [0.25, 0.3) is 5.56 Å². The number of nitrogens with zero attached hydrogens (tertiary/aromatic N) is 6. The topological polar surface area (TPSA) is 137 Å². The van der Waals surface area contributed by atoms with E-state index in [1.54, 1.807) is 29.3 Å². The number of ketones is 1. The number of ether oxygens (including phenoxy) is 1. The summed E-state index contributed by atoms with van der Waals surface area (Å²) in [4.78, 5) is 33.5.